The van der Waals surface area contributed by atoms with Crippen molar-refractivity contribution < 1.29 is 24.9 Å². The fourth-order valence-corrected chi connectivity index (χ4v) is 5.88. The second-order valence-electron chi connectivity index (χ2n) is 10.1. The van der Waals surface area contributed by atoms with E-state index in [9.17, 15) is 24.9 Å². The maximum absolute atomic E-state index is 13.8. The lowest BCUT2D eigenvalue weighted by molar-refractivity contribution is -0.148. The Morgan fingerprint density at radius 1 is 1.13 bits per heavy atom. The van der Waals surface area contributed by atoms with Gasteiger partial charge >= 0.3 is 0 Å². The van der Waals surface area contributed by atoms with Crippen LogP contribution in [0.15, 0.2) is 23.3 Å². The summed E-state index contributed by atoms with van der Waals surface area (Å²) in [5, 5.41) is 34.3. The maximum atomic E-state index is 13.8. The van der Waals surface area contributed by atoms with E-state index in [1.165, 1.54) is 5.57 Å². The highest BCUT2D eigenvalue weighted by Gasteiger charge is 2.65. The van der Waals surface area contributed by atoms with E-state index in [0.29, 0.717) is 18.8 Å². The third kappa shape index (κ3) is 3.78. The highest BCUT2D eigenvalue weighted by Crippen LogP contribution is 2.55. The number of hydrogen-bond donors (Lipinski definition) is 4. The molecular weight excluding hydrogens is 382 g/mol. The monoisotopic (exact) mass is 419 g/mol. The molecule has 6 heteroatoms. The van der Waals surface area contributed by atoms with E-state index in [0.717, 1.165) is 12.0 Å². The Bertz CT molecular complexity index is 757. The zero-order valence-corrected chi connectivity index (χ0v) is 18.8. The van der Waals surface area contributed by atoms with Crippen LogP contribution in [0, 0.1) is 29.1 Å². The summed E-state index contributed by atoms with van der Waals surface area (Å²) in [6, 6.07) is -0.117. The fourth-order valence-electron chi connectivity index (χ4n) is 5.88. The Morgan fingerprint density at radius 3 is 2.43 bits per heavy atom. The SMILES string of the molecule is CC1=CC2/C=C(/C)CCC(O)C(O)C(O)CC(=O)C23C(=O)NC(CC(C)C)C3C1C. The van der Waals surface area contributed by atoms with Crippen molar-refractivity contribution >= 4 is 11.7 Å². The van der Waals surface area contributed by atoms with Gasteiger partial charge in [0.15, 0.2) is 5.78 Å². The van der Waals surface area contributed by atoms with E-state index in [1.54, 1.807) is 0 Å². The molecule has 0 bridgehead atoms. The molecule has 8 atom stereocenters. The van der Waals surface area contributed by atoms with Gasteiger partial charge in [0.2, 0.25) is 5.91 Å². The van der Waals surface area contributed by atoms with Crippen molar-refractivity contribution in [1.82, 2.24) is 5.32 Å². The molecule has 0 aromatic carbocycles. The molecule has 1 spiro atoms. The molecule has 6 nitrogen and oxygen atoms in total. The van der Waals surface area contributed by atoms with E-state index >= 15 is 0 Å². The van der Waals surface area contributed by atoms with E-state index in [4.69, 9.17) is 0 Å². The van der Waals surface area contributed by atoms with Crippen LogP contribution < -0.4 is 5.32 Å². The maximum Gasteiger partial charge on any atom is 0.235 e. The van der Waals surface area contributed by atoms with Gasteiger partial charge in [0.1, 0.15) is 11.5 Å². The van der Waals surface area contributed by atoms with E-state index < -0.39 is 29.6 Å². The van der Waals surface area contributed by atoms with Crippen molar-refractivity contribution in [3.63, 3.8) is 0 Å². The highest BCUT2D eigenvalue weighted by molar-refractivity contribution is 6.09. The van der Waals surface area contributed by atoms with Crippen molar-refractivity contribution in [3.8, 4) is 0 Å². The number of carbonyl (C=O) groups is 2. The molecule has 1 fully saturated rings. The summed E-state index contributed by atoms with van der Waals surface area (Å²) in [6.45, 7) is 10.3. The standard InChI is InChI=1S/C24H37NO5/c1-12(2)8-17-21-15(5)14(4)10-16-9-13(3)6-7-18(26)22(29)19(27)11-20(28)24(16,21)23(30)25-17/h9-10,12,15-19,21-22,26-27,29H,6-8,11H2,1-5H3,(H,25,30)/b13-9-. The molecule has 2 aliphatic carbocycles. The van der Waals surface area contributed by atoms with Gasteiger partial charge in [0.25, 0.3) is 0 Å². The zero-order valence-electron chi connectivity index (χ0n) is 18.8. The number of ketones is 1. The number of allylic oxidation sites excluding steroid dienone is 4. The third-order valence-corrected chi connectivity index (χ3v) is 7.54. The second kappa shape index (κ2) is 8.56. The van der Waals surface area contributed by atoms with Crippen molar-refractivity contribution in [1.29, 1.82) is 0 Å². The third-order valence-electron chi connectivity index (χ3n) is 7.54. The van der Waals surface area contributed by atoms with Crippen LogP contribution in [-0.4, -0.2) is 51.4 Å². The van der Waals surface area contributed by atoms with Gasteiger partial charge in [-0.25, -0.2) is 0 Å². The molecule has 1 amide bonds. The van der Waals surface area contributed by atoms with Crippen LogP contribution >= 0.6 is 0 Å². The van der Waals surface area contributed by atoms with Gasteiger partial charge in [-0.2, -0.15) is 0 Å². The van der Waals surface area contributed by atoms with Gasteiger partial charge in [-0.15, -0.1) is 0 Å². The molecule has 4 N–H and O–H groups in total. The molecule has 30 heavy (non-hydrogen) atoms. The number of carbonyl (C=O) groups excluding carboxylic acids is 2. The number of aliphatic hydroxyl groups excluding tert-OH is 3. The average Bonchev–Trinajstić information content (AvgIpc) is 2.94. The Hall–Kier alpha value is -1.50. The quantitative estimate of drug-likeness (QED) is 0.405. The van der Waals surface area contributed by atoms with Gasteiger partial charge < -0.3 is 20.6 Å². The minimum Gasteiger partial charge on any atom is -0.390 e. The van der Waals surface area contributed by atoms with Gasteiger partial charge in [0, 0.05) is 24.3 Å². The molecule has 1 heterocycles. The summed E-state index contributed by atoms with van der Waals surface area (Å²) in [5.74, 6) is -0.827. The molecule has 3 rings (SSSR count). The highest BCUT2D eigenvalue weighted by atomic mass is 16.4. The minimum atomic E-state index is -1.41. The van der Waals surface area contributed by atoms with E-state index in [2.05, 4.69) is 33.0 Å². The predicted octanol–water partition coefficient (Wildman–Crippen LogP) is 2.13. The van der Waals surface area contributed by atoms with E-state index in [-0.39, 0.29) is 36.0 Å². The summed E-state index contributed by atoms with van der Waals surface area (Å²) in [6.07, 6.45) is 1.35. The molecule has 0 aromatic rings. The normalized spacial score (nSPS) is 44.4. The summed E-state index contributed by atoms with van der Waals surface area (Å²) in [5.41, 5.74) is 0.834. The first-order valence-electron chi connectivity index (χ1n) is 11.2. The minimum absolute atomic E-state index is 0.0411. The summed E-state index contributed by atoms with van der Waals surface area (Å²) in [7, 11) is 0. The van der Waals surface area contributed by atoms with Gasteiger partial charge in [-0.1, -0.05) is 44.1 Å². The van der Waals surface area contributed by atoms with Crippen LogP contribution in [0.1, 0.15) is 60.3 Å². The number of hydrogen-bond acceptors (Lipinski definition) is 5. The van der Waals surface area contributed by atoms with Crippen LogP contribution in [0.5, 0.6) is 0 Å². The van der Waals surface area contributed by atoms with Crippen molar-refractivity contribution in [2.45, 2.75) is 84.7 Å². The molecule has 1 aliphatic heterocycles. The Kier molecular flexibility index (Phi) is 6.61. The fraction of sp³-hybridized carbons (Fsp3) is 0.750. The molecule has 0 aromatic heterocycles. The number of amides is 1. The lowest BCUT2D eigenvalue weighted by atomic mass is 9.54. The van der Waals surface area contributed by atoms with E-state index in [1.807, 2.05) is 19.1 Å². The Morgan fingerprint density at radius 2 is 1.80 bits per heavy atom. The van der Waals surface area contributed by atoms with Crippen LogP contribution in [0.3, 0.4) is 0 Å². The van der Waals surface area contributed by atoms with Crippen LogP contribution in [0.25, 0.3) is 0 Å². The number of rotatable bonds is 2. The van der Waals surface area contributed by atoms with Gasteiger partial charge in [-0.05, 0) is 44.9 Å². The van der Waals surface area contributed by atoms with Crippen LogP contribution in [0.4, 0.5) is 0 Å². The Balaban J connectivity index is 2.18. The molecule has 8 unspecified atom stereocenters. The van der Waals surface area contributed by atoms with Gasteiger partial charge in [0.05, 0.1) is 12.2 Å². The van der Waals surface area contributed by atoms with Crippen LogP contribution in [-0.2, 0) is 9.59 Å². The summed E-state index contributed by atoms with van der Waals surface area (Å²) >= 11 is 0. The number of nitrogens with one attached hydrogen (secondary N) is 1. The molecule has 3 aliphatic rings. The molecule has 1 saturated heterocycles. The first-order chi connectivity index (χ1) is 14.0. The van der Waals surface area contributed by atoms with Crippen molar-refractivity contribution in [3.05, 3.63) is 23.3 Å². The molecule has 0 radical (unpaired) electrons. The largest absolute Gasteiger partial charge is 0.390 e. The van der Waals surface area contributed by atoms with Crippen molar-refractivity contribution in [2.75, 3.05) is 0 Å². The summed E-state index contributed by atoms with van der Waals surface area (Å²) < 4.78 is 0. The topological polar surface area (TPSA) is 107 Å². The second-order valence-corrected chi connectivity index (χ2v) is 10.1. The smallest absolute Gasteiger partial charge is 0.235 e. The molecule has 168 valence electrons. The Labute approximate surface area is 179 Å². The van der Waals surface area contributed by atoms with Crippen LogP contribution in [0.2, 0.25) is 0 Å². The lowest BCUT2D eigenvalue weighted by Gasteiger charge is -2.45. The van der Waals surface area contributed by atoms with Crippen molar-refractivity contribution in [2.24, 2.45) is 29.1 Å². The predicted molar refractivity (Wildman–Crippen MR) is 114 cm³/mol. The molecule has 0 saturated carbocycles. The number of aliphatic hydroxyl groups is 3. The average molecular weight is 420 g/mol. The summed E-state index contributed by atoms with van der Waals surface area (Å²) in [4.78, 5) is 27.3. The number of Topliss-reactive ketones (excluding diaryl/α,β-unsaturated/α-hetero) is 1. The van der Waals surface area contributed by atoms with Gasteiger partial charge in [-0.3, -0.25) is 9.59 Å². The molecular formula is C24H37NO5. The lowest BCUT2D eigenvalue weighted by Crippen LogP contribution is -2.53. The zero-order chi connectivity index (χ0) is 22.4. The first kappa shape index (κ1) is 23.2. The first-order valence-corrected chi connectivity index (χ1v) is 11.2.